The fourth-order valence-corrected chi connectivity index (χ4v) is 3.03. The van der Waals surface area contributed by atoms with Crippen LogP contribution in [0.1, 0.15) is 6.92 Å². The Morgan fingerprint density at radius 3 is 2.80 bits per heavy atom. The molecule has 1 saturated heterocycles. The number of nitrogens with zero attached hydrogens (tertiary/aromatic N) is 4. The Balaban J connectivity index is 1.48. The highest BCUT2D eigenvalue weighted by Gasteiger charge is 2.22. The molecule has 134 valence electrons. The molecule has 25 heavy (non-hydrogen) atoms. The van der Waals surface area contributed by atoms with E-state index in [9.17, 15) is 4.79 Å². The summed E-state index contributed by atoms with van der Waals surface area (Å²) in [4.78, 5) is 20.6. The van der Waals surface area contributed by atoms with E-state index in [1.807, 2.05) is 40.8 Å². The number of amides is 2. The van der Waals surface area contributed by atoms with Crippen LogP contribution in [0.15, 0.2) is 43.0 Å². The van der Waals surface area contributed by atoms with Crippen LogP contribution < -0.4 is 15.0 Å². The largest absolute Gasteiger partial charge is 0.497 e. The van der Waals surface area contributed by atoms with Gasteiger partial charge in [0.2, 0.25) is 0 Å². The molecule has 1 aliphatic rings. The van der Waals surface area contributed by atoms with Crippen LogP contribution in [0.4, 0.5) is 10.5 Å². The van der Waals surface area contributed by atoms with Crippen LogP contribution in [0.25, 0.3) is 0 Å². The summed E-state index contributed by atoms with van der Waals surface area (Å²) in [5.41, 5.74) is 1.13. The van der Waals surface area contributed by atoms with E-state index < -0.39 is 0 Å². The molecule has 1 fully saturated rings. The van der Waals surface area contributed by atoms with Gasteiger partial charge >= 0.3 is 6.03 Å². The quantitative estimate of drug-likeness (QED) is 0.899. The number of anilines is 1. The second-order valence-electron chi connectivity index (χ2n) is 6.29. The second-order valence-corrected chi connectivity index (χ2v) is 6.29. The maximum absolute atomic E-state index is 12.4. The lowest BCUT2D eigenvalue weighted by Gasteiger charge is -2.36. The third-order valence-corrected chi connectivity index (χ3v) is 4.40. The number of rotatable bonds is 5. The summed E-state index contributed by atoms with van der Waals surface area (Å²) >= 11 is 0. The predicted octanol–water partition coefficient (Wildman–Crippen LogP) is 1.81. The normalized spacial score (nSPS) is 15.8. The van der Waals surface area contributed by atoms with Crippen LogP contribution in [0, 0.1) is 0 Å². The number of carbonyl (C=O) groups excluding carboxylic acids is 1. The molecule has 0 radical (unpaired) electrons. The molecule has 1 aromatic carbocycles. The minimum Gasteiger partial charge on any atom is -0.497 e. The van der Waals surface area contributed by atoms with Crippen LogP contribution >= 0.6 is 0 Å². The fourth-order valence-electron chi connectivity index (χ4n) is 3.03. The number of carbonyl (C=O) groups is 1. The van der Waals surface area contributed by atoms with Crippen LogP contribution in [-0.2, 0) is 6.54 Å². The van der Waals surface area contributed by atoms with Crippen molar-refractivity contribution in [3.05, 3.63) is 43.0 Å². The molecular weight excluding hydrogens is 318 g/mol. The molecule has 2 aromatic rings. The molecule has 1 aromatic heterocycles. The molecule has 1 N–H and O–H groups in total. The molecule has 0 bridgehead atoms. The maximum atomic E-state index is 12.4. The number of nitrogens with one attached hydrogen (secondary N) is 1. The summed E-state index contributed by atoms with van der Waals surface area (Å²) in [6.45, 7) is 5.77. The number of urea groups is 1. The molecule has 7 heteroatoms. The minimum atomic E-state index is -0.00194. The Kier molecular flexibility index (Phi) is 5.42. The monoisotopic (exact) mass is 343 g/mol. The summed E-state index contributed by atoms with van der Waals surface area (Å²) in [5, 5.41) is 3.06. The number of hydrogen-bond acceptors (Lipinski definition) is 4. The molecule has 3 rings (SSSR count). The average molecular weight is 343 g/mol. The third kappa shape index (κ3) is 4.43. The molecular formula is C18H25N5O2. The number of hydrogen-bond donors (Lipinski definition) is 1. The van der Waals surface area contributed by atoms with Gasteiger partial charge in [-0.2, -0.15) is 0 Å². The number of ether oxygens (including phenoxy) is 1. The van der Waals surface area contributed by atoms with Gasteiger partial charge in [0.05, 0.1) is 13.4 Å². The van der Waals surface area contributed by atoms with Crippen LogP contribution in [0.5, 0.6) is 5.75 Å². The third-order valence-electron chi connectivity index (χ3n) is 4.40. The van der Waals surface area contributed by atoms with Gasteiger partial charge in [0, 0.05) is 62.9 Å². The van der Waals surface area contributed by atoms with E-state index in [0.717, 1.165) is 31.1 Å². The number of aromatic nitrogens is 2. The molecule has 0 aliphatic carbocycles. The Hall–Kier alpha value is -2.70. The first kappa shape index (κ1) is 17.1. The lowest BCUT2D eigenvalue weighted by Crippen LogP contribution is -2.53. The van der Waals surface area contributed by atoms with Gasteiger partial charge in [0.25, 0.3) is 0 Å². The van der Waals surface area contributed by atoms with Crippen LogP contribution in [0.2, 0.25) is 0 Å². The Labute approximate surface area is 148 Å². The van der Waals surface area contributed by atoms with Crippen molar-refractivity contribution < 1.29 is 9.53 Å². The number of benzene rings is 1. The van der Waals surface area contributed by atoms with Crippen molar-refractivity contribution in [1.82, 2.24) is 19.8 Å². The molecule has 1 aliphatic heterocycles. The second kappa shape index (κ2) is 7.92. The molecule has 0 saturated carbocycles. The van der Waals surface area contributed by atoms with E-state index in [4.69, 9.17) is 4.74 Å². The van der Waals surface area contributed by atoms with Gasteiger partial charge in [-0.05, 0) is 19.1 Å². The summed E-state index contributed by atoms with van der Waals surface area (Å²) in [6, 6.07) is 8.09. The van der Waals surface area contributed by atoms with E-state index in [-0.39, 0.29) is 12.1 Å². The first-order valence-corrected chi connectivity index (χ1v) is 8.56. The highest BCUT2D eigenvalue weighted by Crippen LogP contribution is 2.22. The van der Waals surface area contributed by atoms with Gasteiger partial charge in [-0.1, -0.05) is 6.07 Å². The molecule has 0 spiro atoms. The summed E-state index contributed by atoms with van der Waals surface area (Å²) in [6.07, 6.45) is 5.40. The molecule has 7 nitrogen and oxygen atoms in total. The zero-order valence-electron chi connectivity index (χ0n) is 14.8. The lowest BCUT2D eigenvalue weighted by molar-refractivity contribution is 0.190. The zero-order valence-corrected chi connectivity index (χ0v) is 14.8. The zero-order chi connectivity index (χ0) is 17.6. The van der Waals surface area contributed by atoms with Gasteiger partial charge in [-0.15, -0.1) is 0 Å². The van der Waals surface area contributed by atoms with Crippen molar-refractivity contribution in [3.63, 3.8) is 0 Å². The number of methoxy groups -OCH3 is 1. The summed E-state index contributed by atoms with van der Waals surface area (Å²) < 4.78 is 7.25. The smallest absolute Gasteiger partial charge is 0.317 e. The highest BCUT2D eigenvalue weighted by atomic mass is 16.5. The van der Waals surface area contributed by atoms with Gasteiger partial charge in [-0.25, -0.2) is 9.78 Å². The van der Waals surface area contributed by atoms with E-state index in [1.54, 1.807) is 19.6 Å². The number of imidazole rings is 1. The van der Waals surface area contributed by atoms with Gasteiger partial charge in [-0.3, -0.25) is 0 Å². The van der Waals surface area contributed by atoms with Crippen molar-refractivity contribution in [2.24, 2.45) is 0 Å². The minimum absolute atomic E-state index is 0.00194. The van der Waals surface area contributed by atoms with Crippen molar-refractivity contribution in [2.75, 3.05) is 38.2 Å². The SMILES string of the molecule is COc1cccc(N2CCN(C(=O)NC(C)Cn3ccnc3)CC2)c1. The van der Waals surface area contributed by atoms with Crippen molar-refractivity contribution >= 4 is 11.7 Å². The summed E-state index contributed by atoms with van der Waals surface area (Å²) in [5.74, 6) is 0.853. The predicted molar refractivity (Wildman–Crippen MR) is 97.0 cm³/mol. The maximum Gasteiger partial charge on any atom is 0.317 e. The number of piperazine rings is 1. The average Bonchev–Trinajstić information content (AvgIpc) is 3.14. The van der Waals surface area contributed by atoms with E-state index >= 15 is 0 Å². The molecule has 2 amide bonds. The highest BCUT2D eigenvalue weighted by molar-refractivity contribution is 5.74. The van der Waals surface area contributed by atoms with E-state index in [0.29, 0.717) is 13.1 Å². The van der Waals surface area contributed by atoms with E-state index in [1.165, 1.54) is 0 Å². The summed E-state index contributed by atoms with van der Waals surface area (Å²) in [7, 11) is 1.67. The first-order chi connectivity index (χ1) is 12.2. The lowest BCUT2D eigenvalue weighted by atomic mass is 10.2. The molecule has 1 atom stereocenters. The van der Waals surface area contributed by atoms with Crippen LogP contribution in [-0.4, -0.2) is 59.8 Å². The van der Waals surface area contributed by atoms with Crippen molar-refractivity contribution in [1.29, 1.82) is 0 Å². The van der Waals surface area contributed by atoms with Gasteiger partial charge < -0.3 is 24.4 Å². The first-order valence-electron chi connectivity index (χ1n) is 8.56. The van der Waals surface area contributed by atoms with Gasteiger partial charge in [0.1, 0.15) is 5.75 Å². The van der Waals surface area contributed by atoms with Crippen molar-refractivity contribution in [3.8, 4) is 5.75 Å². The van der Waals surface area contributed by atoms with Gasteiger partial charge in [0.15, 0.2) is 0 Å². The van der Waals surface area contributed by atoms with Crippen LogP contribution in [0.3, 0.4) is 0 Å². The fraction of sp³-hybridized carbons (Fsp3) is 0.444. The van der Waals surface area contributed by atoms with E-state index in [2.05, 4.69) is 21.3 Å². The van der Waals surface area contributed by atoms with Crippen molar-refractivity contribution in [2.45, 2.75) is 19.5 Å². The Morgan fingerprint density at radius 1 is 1.32 bits per heavy atom. The Bertz CT molecular complexity index is 681. The Morgan fingerprint density at radius 2 is 2.12 bits per heavy atom. The standard InChI is InChI=1S/C18H25N5O2/c1-15(13-21-7-6-19-14-21)20-18(24)23-10-8-22(9-11-23)16-4-3-5-17(12-16)25-2/h3-7,12,14-15H,8-11,13H2,1-2H3,(H,20,24). The molecule has 1 unspecified atom stereocenters. The molecule has 2 heterocycles. The topological polar surface area (TPSA) is 62.6 Å².